The molecule has 1 unspecified atom stereocenters. The molecular formula is C15H21FN2O4. The van der Waals surface area contributed by atoms with Gasteiger partial charge >= 0.3 is 12.0 Å². The number of carbonyl (C=O) groups is 2. The van der Waals surface area contributed by atoms with Gasteiger partial charge in [-0.3, -0.25) is 4.79 Å². The number of hydrogen-bond acceptors (Lipinski definition) is 3. The van der Waals surface area contributed by atoms with E-state index in [0.717, 1.165) is 0 Å². The number of carboxylic acids is 1. The Morgan fingerprint density at radius 1 is 1.41 bits per heavy atom. The van der Waals surface area contributed by atoms with E-state index in [1.54, 1.807) is 13.0 Å². The Balaban J connectivity index is 2.55. The SMILES string of the molecule is COc1cc(F)cc(CC(C)NC(=O)N(C)CCC(=O)O)c1. The molecular weight excluding hydrogens is 291 g/mol. The molecule has 1 aromatic rings. The number of carbonyl (C=O) groups excluding carboxylic acids is 1. The van der Waals surface area contributed by atoms with Gasteiger partial charge in [0.1, 0.15) is 11.6 Å². The molecule has 0 aromatic heterocycles. The minimum Gasteiger partial charge on any atom is -0.497 e. The van der Waals surface area contributed by atoms with Crippen molar-refractivity contribution in [2.24, 2.45) is 0 Å². The van der Waals surface area contributed by atoms with E-state index in [0.29, 0.717) is 17.7 Å². The largest absolute Gasteiger partial charge is 0.497 e. The van der Waals surface area contributed by atoms with Crippen LogP contribution in [0.4, 0.5) is 9.18 Å². The van der Waals surface area contributed by atoms with Crippen LogP contribution in [0, 0.1) is 5.82 Å². The number of rotatable bonds is 7. The van der Waals surface area contributed by atoms with Crippen LogP contribution in [0.25, 0.3) is 0 Å². The normalized spacial score (nSPS) is 11.6. The molecule has 0 saturated carbocycles. The average molecular weight is 312 g/mol. The summed E-state index contributed by atoms with van der Waals surface area (Å²) in [7, 11) is 2.98. The van der Waals surface area contributed by atoms with Crippen LogP contribution in [-0.4, -0.2) is 48.8 Å². The zero-order valence-corrected chi connectivity index (χ0v) is 12.9. The molecule has 0 aliphatic heterocycles. The minimum atomic E-state index is -0.959. The molecule has 0 spiro atoms. The molecule has 0 heterocycles. The maximum absolute atomic E-state index is 13.4. The Morgan fingerprint density at radius 3 is 2.68 bits per heavy atom. The van der Waals surface area contributed by atoms with Gasteiger partial charge in [0.05, 0.1) is 13.5 Å². The lowest BCUT2D eigenvalue weighted by atomic mass is 10.1. The van der Waals surface area contributed by atoms with Gasteiger partial charge in [-0.1, -0.05) is 0 Å². The van der Waals surface area contributed by atoms with E-state index >= 15 is 0 Å². The van der Waals surface area contributed by atoms with E-state index < -0.39 is 11.8 Å². The van der Waals surface area contributed by atoms with Crippen molar-refractivity contribution in [3.63, 3.8) is 0 Å². The van der Waals surface area contributed by atoms with Crippen molar-refractivity contribution >= 4 is 12.0 Å². The van der Waals surface area contributed by atoms with Crippen molar-refractivity contribution in [3.05, 3.63) is 29.6 Å². The van der Waals surface area contributed by atoms with E-state index in [4.69, 9.17) is 9.84 Å². The van der Waals surface area contributed by atoms with Crippen molar-refractivity contribution in [2.75, 3.05) is 20.7 Å². The third kappa shape index (κ3) is 5.99. The number of urea groups is 1. The van der Waals surface area contributed by atoms with Gasteiger partial charge in [0.25, 0.3) is 0 Å². The number of benzene rings is 1. The molecule has 6 nitrogen and oxygen atoms in total. The molecule has 2 N–H and O–H groups in total. The summed E-state index contributed by atoms with van der Waals surface area (Å²) in [6, 6.07) is 3.79. The van der Waals surface area contributed by atoms with E-state index in [9.17, 15) is 14.0 Å². The molecule has 0 bridgehead atoms. The molecule has 0 aliphatic rings. The second-order valence-electron chi connectivity index (χ2n) is 5.12. The van der Waals surface area contributed by atoms with Crippen molar-refractivity contribution in [3.8, 4) is 5.75 Å². The van der Waals surface area contributed by atoms with Crippen molar-refractivity contribution in [1.29, 1.82) is 0 Å². The van der Waals surface area contributed by atoms with E-state index in [1.165, 1.54) is 31.2 Å². The molecule has 0 saturated heterocycles. The van der Waals surface area contributed by atoms with Crippen LogP contribution >= 0.6 is 0 Å². The number of hydrogen-bond donors (Lipinski definition) is 2. The fourth-order valence-electron chi connectivity index (χ4n) is 1.95. The van der Waals surface area contributed by atoms with Gasteiger partial charge in [0.2, 0.25) is 0 Å². The summed E-state index contributed by atoms with van der Waals surface area (Å²) in [6.45, 7) is 1.92. The summed E-state index contributed by atoms with van der Waals surface area (Å²) >= 11 is 0. The Labute approximate surface area is 128 Å². The zero-order chi connectivity index (χ0) is 16.7. The molecule has 7 heteroatoms. The van der Waals surface area contributed by atoms with Gasteiger partial charge in [-0.15, -0.1) is 0 Å². The number of nitrogens with one attached hydrogen (secondary N) is 1. The minimum absolute atomic E-state index is 0.112. The third-order valence-corrected chi connectivity index (χ3v) is 3.09. The number of ether oxygens (including phenoxy) is 1. The molecule has 22 heavy (non-hydrogen) atoms. The van der Waals surface area contributed by atoms with Gasteiger partial charge in [0.15, 0.2) is 0 Å². The standard InChI is InChI=1S/C15H21FN2O4/c1-10(17-15(21)18(2)5-4-14(19)20)6-11-7-12(16)9-13(8-11)22-3/h7-10H,4-6H2,1-3H3,(H,17,21)(H,19,20). The summed E-state index contributed by atoms with van der Waals surface area (Å²) in [5.74, 6) is -0.932. The quantitative estimate of drug-likeness (QED) is 0.806. The number of halogens is 1. The highest BCUT2D eigenvalue weighted by Crippen LogP contribution is 2.17. The van der Waals surface area contributed by atoms with Gasteiger partial charge < -0.3 is 20.1 Å². The molecule has 0 radical (unpaired) electrons. The van der Waals surface area contributed by atoms with Crippen LogP contribution in [0.5, 0.6) is 5.75 Å². The Hall–Kier alpha value is -2.31. The van der Waals surface area contributed by atoms with Gasteiger partial charge in [-0.05, 0) is 31.0 Å². The van der Waals surface area contributed by atoms with Crippen LogP contribution in [0.3, 0.4) is 0 Å². The number of aliphatic carboxylic acids is 1. The summed E-state index contributed by atoms with van der Waals surface area (Å²) in [5.41, 5.74) is 0.706. The smallest absolute Gasteiger partial charge is 0.317 e. The fourth-order valence-corrected chi connectivity index (χ4v) is 1.95. The monoisotopic (exact) mass is 312 g/mol. The van der Waals surface area contributed by atoms with E-state index in [-0.39, 0.29) is 25.0 Å². The van der Waals surface area contributed by atoms with Crippen molar-refractivity contribution < 1.29 is 23.8 Å². The third-order valence-electron chi connectivity index (χ3n) is 3.09. The zero-order valence-electron chi connectivity index (χ0n) is 12.9. The maximum atomic E-state index is 13.4. The lowest BCUT2D eigenvalue weighted by Crippen LogP contribution is -2.43. The summed E-state index contributed by atoms with van der Waals surface area (Å²) in [4.78, 5) is 23.6. The number of carboxylic acid groups (broad SMARTS) is 1. The lowest BCUT2D eigenvalue weighted by molar-refractivity contribution is -0.137. The topological polar surface area (TPSA) is 78.9 Å². The fraction of sp³-hybridized carbons (Fsp3) is 0.467. The Morgan fingerprint density at radius 2 is 2.09 bits per heavy atom. The summed E-state index contributed by atoms with van der Waals surface area (Å²) < 4.78 is 18.4. The van der Waals surface area contributed by atoms with E-state index in [2.05, 4.69) is 5.32 Å². The van der Waals surface area contributed by atoms with Crippen LogP contribution in [0.2, 0.25) is 0 Å². The maximum Gasteiger partial charge on any atom is 0.317 e. The average Bonchev–Trinajstić information content (AvgIpc) is 2.43. The molecule has 0 aliphatic carbocycles. The highest BCUT2D eigenvalue weighted by molar-refractivity contribution is 5.75. The predicted octanol–water partition coefficient (Wildman–Crippen LogP) is 1.88. The summed E-state index contributed by atoms with van der Waals surface area (Å²) in [5, 5.41) is 11.3. The molecule has 2 amide bonds. The molecule has 1 rings (SSSR count). The molecule has 0 fully saturated rings. The first-order valence-corrected chi connectivity index (χ1v) is 6.88. The molecule has 1 aromatic carbocycles. The van der Waals surface area contributed by atoms with E-state index in [1.807, 2.05) is 0 Å². The highest BCUT2D eigenvalue weighted by atomic mass is 19.1. The first kappa shape index (κ1) is 17.7. The molecule has 122 valence electrons. The first-order valence-electron chi connectivity index (χ1n) is 6.88. The second kappa shape index (κ2) is 8.21. The van der Waals surface area contributed by atoms with Crippen molar-refractivity contribution in [2.45, 2.75) is 25.8 Å². The Kier molecular flexibility index (Phi) is 6.62. The van der Waals surface area contributed by atoms with Crippen LogP contribution < -0.4 is 10.1 Å². The van der Waals surface area contributed by atoms with Crippen LogP contribution in [0.15, 0.2) is 18.2 Å². The van der Waals surface area contributed by atoms with Crippen LogP contribution in [-0.2, 0) is 11.2 Å². The lowest BCUT2D eigenvalue weighted by Gasteiger charge is -2.21. The van der Waals surface area contributed by atoms with Crippen molar-refractivity contribution in [1.82, 2.24) is 10.2 Å². The summed E-state index contributed by atoms with van der Waals surface area (Å²) in [6.07, 6.45) is 0.325. The highest BCUT2D eigenvalue weighted by Gasteiger charge is 2.14. The Bertz CT molecular complexity index is 536. The van der Waals surface area contributed by atoms with Gasteiger partial charge in [0, 0.05) is 25.7 Å². The van der Waals surface area contributed by atoms with Gasteiger partial charge in [-0.2, -0.15) is 0 Å². The molecule has 1 atom stereocenters. The number of amides is 2. The number of methoxy groups -OCH3 is 1. The van der Waals surface area contributed by atoms with Crippen LogP contribution in [0.1, 0.15) is 18.9 Å². The predicted molar refractivity (Wildman–Crippen MR) is 79.5 cm³/mol. The van der Waals surface area contributed by atoms with Gasteiger partial charge in [-0.25, -0.2) is 9.18 Å². The number of nitrogens with zero attached hydrogens (tertiary/aromatic N) is 1. The first-order chi connectivity index (χ1) is 10.3. The second-order valence-corrected chi connectivity index (χ2v) is 5.12.